The van der Waals surface area contributed by atoms with Gasteiger partial charge in [-0.05, 0) is 30.5 Å². The van der Waals surface area contributed by atoms with Gasteiger partial charge < -0.3 is 10.6 Å². The van der Waals surface area contributed by atoms with Crippen molar-refractivity contribution in [1.29, 1.82) is 0 Å². The van der Waals surface area contributed by atoms with E-state index < -0.39 is 29.9 Å². The van der Waals surface area contributed by atoms with Crippen LogP contribution in [0.4, 0.5) is 10.5 Å². The van der Waals surface area contributed by atoms with Crippen LogP contribution in [0.5, 0.6) is 0 Å². The summed E-state index contributed by atoms with van der Waals surface area (Å²) in [7, 11) is 0. The lowest BCUT2D eigenvalue weighted by Gasteiger charge is -2.20. The number of thiophene rings is 1. The van der Waals surface area contributed by atoms with Gasteiger partial charge in [0.15, 0.2) is 5.54 Å². The van der Waals surface area contributed by atoms with Crippen molar-refractivity contribution in [1.82, 2.24) is 10.2 Å². The number of carbonyl (C=O) groups is 3. The van der Waals surface area contributed by atoms with E-state index in [0.29, 0.717) is 4.88 Å². The molecule has 136 valence electrons. The van der Waals surface area contributed by atoms with Gasteiger partial charge in [-0.15, -0.1) is 11.3 Å². The maximum Gasteiger partial charge on any atom is 0.325 e. The normalized spacial score (nSPS) is 19.6. The van der Waals surface area contributed by atoms with Gasteiger partial charge in [0.2, 0.25) is 5.91 Å². The Bertz CT molecular complexity index is 904. The second-order valence-corrected chi connectivity index (χ2v) is 7.89. The van der Waals surface area contributed by atoms with Crippen molar-refractivity contribution in [3.63, 3.8) is 0 Å². The van der Waals surface area contributed by atoms with Gasteiger partial charge in [0, 0.05) is 4.88 Å². The van der Waals surface area contributed by atoms with Gasteiger partial charge in [0.25, 0.3) is 5.91 Å². The van der Waals surface area contributed by atoms with Gasteiger partial charge in [-0.2, -0.15) is 0 Å². The fraction of sp³-hybridized carbons (Fsp3) is 0.188. The van der Waals surface area contributed by atoms with Gasteiger partial charge in [0.05, 0.1) is 20.8 Å². The molecule has 1 aliphatic heterocycles. The van der Waals surface area contributed by atoms with Crippen LogP contribution in [0.15, 0.2) is 29.6 Å². The zero-order chi connectivity index (χ0) is 19.1. The molecule has 3 rings (SSSR count). The molecule has 1 fully saturated rings. The molecule has 1 aromatic carbocycles. The van der Waals surface area contributed by atoms with Crippen LogP contribution in [-0.2, 0) is 15.1 Å². The van der Waals surface area contributed by atoms with E-state index in [9.17, 15) is 14.4 Å². The highest BCUT2D eigenvalue weighted by molar-refractivity contribution is 7.10. The van der Waals surface area contributed by atoms with Crippen molar-refractivity contribution >= 4 is 69.7 Å². The quantitative estimate of drug-likeness (QED) is 0.563. The lowest BCUT2D eigenvalue weighted by atomic mass is 10.0. The molecule has 1 saturated heterocycles. The van der Waals surface area contributed by atoms with E-state index >= 15 is 0 Å². The molecule has 0 saturated carbocycles. The summed E-state index contributed by atoms with van der Waals surface area (Å²) in [6.45, 7) is 1.15. The number of carbonyl (C=O) groups excluding carboxylic acids is 3. The number of urea groups is 1. The molecule has 2 heterocycles. The highest BCUT2D eigenvalue weighted by Gasteiger charge is 2.50. The van der Waals surface area contributed by atoms with E-state index in [1.54, 1.807) is 19.1 Å². The van der Waals surface area contributed by atoms with Crippen LogP contribution in [0.2, 0.25) is 15.1 Å². The summed E-state index contributed by atoms with van der Waals surface area (Å²) in [6.07, 6.45) is 0. The van der Waals surface area contributed by atoms with E-state index in [4.69, 9.17) is 34.8 Å². The van der Waals surface area contributed by atoms with Crippen molar-refractivity contribution < 1.29 is 14.4 Å². The Labute approximate surface area is 168 Å². The third-order valence-electron chi connectivity index (χ3n) is 3.87. The molecule has 1 aromatic heterocycles. The number of nitrogens with one attached hydrogen (secondary N) is 2. The minimum Gasteiger partial charge on any atom is -0.323 e. The number of imide groups is 1. The van der Waals surface area contributed by atoms with Gasteiger partial charge >= 0.3 is 6.03 Å². The molecule has 0 spiro atoms. The van der Waals surface area contributed by atoms with E-state index in [0.717, 1.165) is 4.90 Å². The molecule has 10 heteroatoms. The zero-order valence-electron chi connectivity index (χ0n) is 13.3. The molecule has 4 amide bonds. The first-order valence-corrected chi connectivity index (χ1v) is 9.36. The summed E-state index contributed by atoms with van der Waals surface area (Å²) in [5.74, 6) is -1.09. The molecule has 1 aliphatic rings. The van der Waals surface area contributed by atoms with Gasteiger partial charge in [-0.25, -0.2) is 4.79 Å². The molecule has 1 unspecified atom stereocenters. The van der Waals surface area contributed by atoms with Crippen LogP contribution >= 0.6 is 46.1 Å². The van der Waals surface area contributed by atoms with Crippen molar-refractivity contribution in [3.8, 4) is 0 Å². The fourth-order valence-electron chi connectivity index (χ4n) is 2.52. The Hall–Kier alpha value is -1.80. The minimum atomic E-state index is -1.19. The number of benzene rings is 1. The molecule has 2 N–H and O–H groups in total. The van der Waals surface area contributed by atoms with Gasteiger partial charge in [0.1, 0.15) is 6.54 Å². The van der Waals surface area contributed by atoms with Gasteiger partial charge in [-0.3, -0.25) is 14.5 Å². The fourth-order valence-corrected chi connectivity index (χ4v) is 3.95. The number of amides is 4. The predicted molar refractivity (Wildman–Crippen MR) is 102 cm³/mol. The standard InChI is InChI=1S/C16H12Cl3N3O3S/c1-16(12-3-2-4-26-12)14(24)22(15(25)21-16)7-13(23)20-11-6-9(18)8(17)5-10(11)19/h2-6H,7H2,1H3,(H,20,23)(H,21,25). The van der Waals surface area contributed by atoms with E-state index in [2.05, 4.69) is 10.6 Å². The molecular weight excluding hydrogens is 421 g/mol. The van der Waals surface area contributed by atoms with Crippen LogP contribution < -0.4 is 10.6 Å². The molecular formula is C16H12Cl3N3O3S. The maximum atomic E-state index is 12.7. The molecule has 26 heavy (non-hydrogen) atoms. The molecule has 6 nitrogen and oxygen atoms in total. The average Bonchev–Trinajstić information content (AvgIpc) is 3.17. The Morgan fingerprint density at radius 2 is 1.92 bits per heavy atom. The maximum absolute atomic E-state index is 12.7. The van der Waals surface area contributed by atoms with Crippen LogP contribution in [0.1, 0.15) is 11.8 Å². The second kappa shape index (κ2) is 7.08. The summed E-state index contributed by atoms with van der Waals surface area (Å²) < 4.78 is 0. The first kappa shape index (κ1) is 19.0. The Morgan fingerprint density at radius 1 is 1.23 bits per heavy atom. The number of halogens is 3. The minimum absolute atomic E-state index is 0.188. The Balaban J connectivity index is 1.75. The first-order chi connectivity index (χ1) is 12.2. The summed E-state index contributed by atoms with van der Waals surface area (Å²) in [4.78, 5) is 38.7. The monoisotopic (exact) mass is 431 g/mol. The smallest absolute Gasteiger partial charge is 0.323 e. The van der Waals surface area contributed by atoms with E-state index in [-0.39, 0.29) is 20.8 Å². The van der Waals surface area contributed by atoms with E-state index in [1.165, 1.54) is 23.5 Å². The SMILES string of the molecule is CC1(c2cccs2)NC(=O)N(CC(=O)Nc2cc(Cl)c(Cl)cc2Cl)C1=O. The zero-order valence-corrected chi connectivity index (χ0v) is 16.4. The second-order valence-electron chi connectivity index (χ2n) is 5.72. The van der Waals surface area contributed by atoms with Crippen LogP contribution in [-0.4, -0.2) is 29.3 Å². The number of rotatable bonds is 4. The number of hydrogen-bond donors (Lipinski definition) is 2. The highest BCUT2D eigenvalue weighted by atomic mass is 35.5. The van der Waals surface area contributed by atoms with E-state index in [1.807, 2.05) is 5.38 Å². The van der Waals surface area contributed by atoms with Crippen molar-refractivity contribution in [2.45, 2.75) is 12.5 Å². The Kier molecular flexibility index (Phi) is 5.16. The topological polar surface area (TPSA) is 78.5 Å². The molecule has 1 atom stereocenters. The molecule has 0 aliphatic carbocycles. The van der Waals surface area contributed by atoms with Crippen molar-refractivity contribution in [2.24, 2.45) is 0 Å². The van der Waals surface area contributed by atoms with Gasteiger partial charge in [-0.1, -0.05) is 40.9 Å². The Morgan fingerprint density at radius 3 is 2.58 bits per heavy atom. The lowest BCUT2D eigenvalue weighted by molar-refractivity contribution is -0.133. The van der Waals surface area contributed by atoms with Crippen molar-refractivity contribution in [3.05, 3.63) is 49.6 Å². The number of hydrogen-bond acceptors (Lipinski definition) is 4. The third-order valence-corrected chi connectivity index (χ3v) is 6.00. The van der Waals surface area contributed by atoms with Crippen LogP contribution in [0, 0.1) is 0 Å². The summed E-state index contributed by atoms with van der Waals surface area (Å²) in [6, 6.07) is 5.68. The molecule has 0 bridgehead atoms. The predicted octanol–water partition coefficient (Wildman–Crippen LogP) is 4.11. The highest BCUT2D eigenvalue weighted by Crippen LogP contribution is 2.33. The molecule has 2 aromatic rings. The first-order valence-electron chi connectivity index (χ1n) is 7.35. The van der Waals surface area contributed by atoms with Crippen molar-refractivity contribution in [2.75, 3.05) is 11.9 Å². The number of nitrogens with zero attached hydrogens (tertiary/aromatic N) is 1. The van der Waals surface area contributed by atoms with Crippen LogP contribution in [0.3, 0.4) is 0 Å². The summed E-state index contributed by atoms with van der Waals surface area (Å²) in [5.41, 5.74) is -0.952. The largest absolute Gasteiger partial charge is 0.325 e. The number of anilines is 1. The summed E-state index contributed by atoms with van der Waals surface area (Å²) >= 11 is 19.1. The van der Waals surface area contributed by atoms with Crippen LogP contribution in [0.25, 0.3) is 0 Å². The third kappa shape index (κ3) is 3.40. The lowest BCUT2D eigenvalue weighted by Crippen LogP contribution is -2.41. The molecule has 0 radical (unpaired) electrons. The summed E-state index contributed by atoms with van der Waals surface area (Å²) in [5, 5.41) is 7.61. The average molecular weight is 433 g/mol.